The Morgan fingerprint density at radius 2 is 1.67 bits per heavy atom. The Balaban J connectivity index is 1.72. The van der Waals surface area contributed by atoms with E-state index in [1.54, 1.807) is 18.3 Å². The van der Waals surface area contributed by atoms with E-state index in [2.05, 4.69) is 60.8 Å². The quantitative estimate of drug-likeness (QED) is 0.260. The molecule has 0 atom stereocenters. The molecule has 8 heteroatoms. The molecular formula is C28H34FN7. The summed E-state index contributed by atoms with van der Waals surface area (Å²) in [7, 11) is 0. The molecule has 1 aliphatic carbocycles. The van der Waals surface area contributed by atoms with E-state index in [0.717, 1.165) is 52.4 Å². The van der Waals surface area contributed by atoms with Gasteiger partial charge in [0.15, 0.2) is 0 Å². The van der Waals surface area contributed by atoms with Crippen molar-refractivity contribution >= 4 is 23.0 Å². The summed E-state index contributed by atoms with van der Waals surface area (Å²) < 4.78 is 15.7. The Morgan fingerprint density at radius 1 is 0.944 bits per heavy atom. The van der Waals surface area contributed by atoms with Gasteiger partial charge >= 0.3 is 0 Å². The maximum atomic E-state index is 13.8. The fourth-order valence-electron chi connectivity index (χ4n) is 4.84. The van der Waals surface area contributed by atoms with Crippen LogP contribution in [-0.2, 0) is 0 Å². The number of hydrogen-bond acceptors (Lipinski definition) is 6. The standard InChI is InChI=1S/C28H34FN7/c1-17(2)31-22-15-24-26(23-13-14-30-28(34-23)33-21-7-5-6-8-21)27(19-9-11-20(29)12-10-19)35-36(24)25(16-22)32-18(3)4/h9-18,21,31-32H,5-8H2,1-4H3,(H,30,33,34). The summed E-state index contributed by atoms with van der Waals surface area (Å²) in [6.07, 6.45) is 6.54. The molecule has 0 spiro atoms. The summed E-state index contributed by atoms with van der Waals surface area (Å²) in [6.45, 7) is 8.44. The number of nitrogens with zero attached hydrogens (tertiary/aromatic N) is 4. The first-order chi connectivity index (χ1) is 17.4. The van der Waals surface area contributed by atoms with Gasteiger partial charge in [0.1, 0.15) is 17.3 Å². The number of pyridine rings is 1. The average molecular weight is 488 g/mol. The molecule has 3 N–H and O–H groups in total. The zero-order chi connectivity index (χ0) is 25.2. The topological polar surface area (TPSA) is 79.2 Å². The van der Waals surface area contributed by atoms with Crippen molar-refractivity contribution in [1.82, 2.24) is 19.6 Å². The first-order valence-corrected chi connectivity index (χ1v) is 12.8. The van der Waals surface area contributed by atoms with Crippen LogP contribution in [0.2, 0.25) is 0 Å². The first-order valence-electron chi connectivity index (χ1n) is 12.8. The summed E-state index contributed by atoms with van der Waals surface area (Å²) >= 11 is 0. The van der Waals surface area contributed by atoms with Gasteiger partial charge in [0.25, 0.3) is 0 Å². The van der Waals surface area contributed by atoms with E-state index < -0.39 is 0 Å². The summed E-state index contributed by atoms with van der Waals surface area (Å²) in [5, 5.41) is 15.6. The second-order valence-electron chi connectivity index (χ2n) is 10.1. The lowest BCUT2D eigenvalue weighted by Gasteiger charge is -2.16. The van der Waals surface area contributed by atoms with E-state index in [1.807, 2.05) is 10.6 Å². The van der Waals surface area contributed by atoms with E-state index in [-0.39, 0.29) is 17.9 Å². The molecule has 0 radical (unpaired) electrons. The number of nitrogens with one attached hydrogen (secondary N) is 3. The molecule has 1 fully saturated rings. The van der Waals surface area contributed by atoms with Crippen molar-refractivity contribution in [3.63, 3.8) is 0 Å². The third-order valence-electron chi connectivity index (χ3n) is 6.34. The highest BCUT2D eigenvalue weighted by molar-refractivity contribution is 5.93. The number of rotatable bonds is 8. The van der Waals surface area contributed by atoms with Gasteiger partial charge in [-0.3, -0.25) is 0 Å². The highest BCUT2D eigenvalue weighted by Gasteiger charge is 2.22. The average Bonchev–Trinajstić information content (AvgIpc) is 3.47. The molecule has 5 rings (SSSR count). The number of benzene rings is 1. The maximum absolute atomic E-state index is 13.8. The van der Waals surface area contributed by atoms with Gasteiger partial charge < -0.3 is 16.0 Å². The van der Waals surface area contributed by atoms with Crippen molar-refractivity contribution < 1.29 is 4.39 Å². The van der Waals surface area contributed by atoms with Crippen LogP contribution in [0.1, 0.15) is 53.4 Å². The highest BCUT2D eigenvalue weighted by Crippen LogP contribution is 2.37. The van der Waals surface area contributed by atoms with Gasteiger partial charge in [-0.15, -0.1) is 0 Å². The second-order valence-corrected chi connectivity index (χ2v) is 10.1. The molecule has 0 saturated heterocycles. The Labute approximate surface area is 211 Å². The van der Waals surface area contributed by atoms with Crippen LogP contribution in [0, 0.1) is 5.82 Å². The van der Waals surface area contributed by atoms with Crippen LogP contribution in [0.3, 0.4) is 0 Å². The van der Waals surface area contributed by atoms with E-state index in [9.17, 15) is 4.39 Å². The highest BCUT2D eigenvalue weighted by atomic mass is 19.1. The Hall–Kier alpha value is -3.68. The monoisotopic (exact) mass is 487 g/mol. The van der Waals surface area contributed by atoms with Crippen molar-refractivity contribution in [3.8, 4) is 22.5 Å². The minimum Gasteiger partial charge on any atom is -0.383 e. The zero-order valence-corrected chi connectivity index (χ0v) is 21.3. The fourth-order valence-corrected chi connectivity index (χ4v) is 4.84. The number of hydrogen-bond donors (Lipinski definition) is 3. The third kappa shape index (κ3) is 5.12. The molecule has 0 aliphatic heterocycles. The third-order valence-corrected chi connectivity index (χ3v) is 6.34. The van der Waals surface area contributed by atoms with Crippen LogP contribution in [0.25, 0.3) is 28.0 Å². The molecule has 1 aliphatic rings. The van der Waals surface area contributed by atoms with Gasteiger partial charge in [0.05, 0.1) is 16.8 Å². The van der Waals surface area contributed by atoms with Gasteiger partial charge in [0, 0.05) is 41.6 Å². The van der Waals surface area contributed by atoms with E-state index >= 15 is 0 Å². The molecule has 4 aromatic rings. The van der Waals surface area contributed by atoms with Crippen LogP contribution in [-0.4, -0.2) is 37.7 Å². The normalized spacial score (nSPS) is 14.2. The van der Waals surface area contributed by atoms with E-state index in [0.29, 0.717) is 12.0 Å². The largest absolute Gasteiger partial charge is 0.383 e. The van der Waals surface area contributed by atoms with Gasteiger partial charge in [-0.2, -0.15) is 5.10 Å². The Morgan fingerprint density at radius 3 is 2.36 bits per heavy atom. The molecule has 36 heavy (non-hydrogen) atoms. The predicted octanol–water partition coefficient (Wildman–Crippen LogP) is 6.59. The van der Waals surface area contributed by atoms with Crippen LogP contribution in [0.4, 0.5) is 21.8 Å². The Kier molecular flexibility index (Phi) is 6.76. The zero-order valence-electron chi connectivity index (χ0n) is 21.3. The van der Waals surface area contributed by atoms with E-state index in [1.165, 1.54) is 25.0 Å². The molecule has 188 valence electrons. The number of halogens is 1. The van der Waals surface area contributed by atoms with Crippen molar-refractivity contribution in [2.24, 2.45) is 0 Å². The molecule has 7 nitrogen and oxygen atoms in total. The molecule has 3 heterocycles. The van der Waals surface area contributed by atoms with Gasteiger partial charge in [-0.1, -0.05) is 12.8 Å². The minimum atomic E-state index is -0.278. The van der Waals surface area contributed by atoms with Crippen LogP contribution in [0.15, 0.2) is 48.7 Å². The number of aromatic nitrogens is 4. The minimum absolute atomic E-state index is 0.214. The SMILES string of the molecule is CC(C)Nc1cc(NC(C)C)n2nc(-c3ccc(F)cc3)c(-c3ccnc(NC4CCCC4)n3)c2c1. The lowest BCUT2D eigenvalue weighted by molar-refractivity contribution is 0.628. The molecule has 0 bridgehead atoms. The molecule has 1 aromatic carbocycles. The van der Waals surface area contributed by atoms with Crippen molar-refractivity contribution in [2.45, 2.75) is 71.5 Å². The van der Waals surface area contributed by atoms with Crippen molar-refractivity contribution in [2.75, 3.05) is 16.0 Å². The summed E-state index contributed by atoms with van der Waals surface area (Å²) in [5.41, 5.74) is 5.14. The van der Waals surface area contributed by atoms with Crippen LogP contribution in [0.5, 0.6) is 0 Å². The van der Waals surface area contributed by atoms with E-state index in [4.69, 9.17) is 10.1 Å². The predicted molar refractivity (Wildman–Crippen MR) is 145 cm³/mol. The van der Waals surface area contributed by atoms with Crippen LogP contribution >= 0.6 is 0 Å². The lowest BCUT2D eigenvalue weighted by atomic mass is 10.0. The number of fused-ring (bicyclic) bond motifs is 1. The van der Waals surface area contributed by atoms with Crippen molar-refractivity contribution in [1.29, 1.82) is 0 Å². The number of anilines is 3. The molecular weight excluding hydrogens is 453 g/mol. The van der Waals surface area contributed by atoms with Crippen molar-refractivity contribution in [3.05, 3.63) is 54.5 Å². The van der Waals surface area contributed by atoms with Crippen LogP contribution < -0.4 is 16.0 Å². The summed E-state index contributed by atoms with van der Waals surface area (Å²) in [6, 6.07) is 13.5. The Bertz CT molecular complexity index is 1340. The maximum Gasteiger partial charge on any atom is 0.223 e. The molecule has 0 unspecified atom stereocenters. The smallest absolute Gasteiger partial charge is 0.223 e. The molecule has 3 aromatic heterocycles. The molecule has 1 saturated carbocycles. The first kappa shape index (κ1) is 24.0. The lowest BCUT2D eigenvalue weighted by Crippen LogP contribution is -2.16. The summed E-state index contributed by atoms with van der Waals surface area (Å²) in [4.78, 5) is 9.42. The molecule has 0 amide bonds. The van der Waals surface area contributed by atoms with Gasteiger partial charge in [-0.25, -0.2) is 18.9 Å². The second kappa shape index (κ2) is 10.1. The van der Waals surface area contributed by atoms with Gasteiger partial charge in [0.2, 0.25) is 5.95 Å². The summed E-state index contributed by atoms with van der Waals surface area (Å²) in [5.74, 6) is 1.22. The van der Waals surface area contributed by atoms with Gasteiger partial charge in [-0.05, 0) is 76.9 Å². The fraction of sp³-hybridized carbons (Fsp3) is 0.393.